The Balaban J connectivity index is 1.21. The van der Waals surface area contributed by atoms with E-state index < -0.39 is 6.85 Å². The molecule has 0 fully saturated rings. The number of pyridine rings is 2. The first kappa shape index (κ1) is 27.2. The molecule has 0 N–H and O–H groups in total. The highest BCUT2D eigenvalue weighted by Gasteiger charge is 2.18. The lowest BCUT2D eigenvalue weighted by Crippen LogP contribution is -2.06. The minimum absolute atomic E-state index is 0.00995. The van der Waals surface area contributed by atoms with Crippen molar-refractivity contribution in [2.24, 2.45) is 0 Å². The lowest BCUT2D eigenvalue weighted by Gasteiger charge is -2.12. The minimum atomic E-state index is -2.45. The number of aromatic nitrogens is 5. The molecule has 0 aliphatic rings. The van der Waals surface area contributed by atoms with E-state index in [2.05, 4.69) is 15.0 Å². The quantitative estimate of drug-likeness (QED) is 0.151. The van der Waals surface area contributed by atoms with Gasteiger partial charge < -0.3 is 18.9 Å². The van der Waals surface area contributed by atoms with Crippen molar-refractivity contribution in [3.05, 3.63) is 151 Å². The maximum Gasteiger partial charge on any atom is 0.235 e. The van der Waals surface area contributed by atoms with Crippen molar-refractivity contribution < 1.29 is 23.1 Å². The van der Waals surface area contributed by atoms with Gasteiger partial charge in [0.2, 0.25) is 17.7 Å². The summed E-state index contributed by atoms with van der Waals surface area (Å²) in [5, 5.41) is 1.77. The highest BCUT2D eigenvalue weighted by molar-refractivity contribution is 6.09. The summed E-state index contributed by atoms with van der Waals surface area (Å²) in [5.74, 6) is 4.47. The van der Waals surface area contributed by atoms with Crippen LogP contribution in [0.1, 0.15) is 21.1 Å². The first-order valence-corrected chi connectivity index (χ1v) is 15.9. The second-order valence-corrected chi connectivity index (χ2v) is 11.5. The van der Waals surface area contributed by atoms with Crippen LogP contribution in [0.2, 0.25) is 0 Å². The fraction of sp³-hybridized carbons (Fsp3) is 0.0732. The molecule has 8 rings (SSSR count). The monoisotopic (exact) mass is 660 g/mol. The number of hydrogen-bond donors (Lipinski definition) is 0. The maximum absolute atomic E-state index is 8.22. The second-order valence-electron chi connectivity index (χ2n) is 11.5. The summed E-state index contributed by atoms with van der Waals surface area (Å²) >= 11 is 0. The van der Waals surface area contributed by atoms with Crippen molar-refractivity contribution >= 4 is 21.8 Å². The molecule has 4 aromatic heterocycles. The molecule has 0 radical (unpaired) electrons. The van der Waals surface area contributed by atoms with Crippen LogP contribution in [0, 0.1) is 20.7 Å². The van der Waals surface area contributed by atoms with Gasteiger partial charge in [0.1, 0.15) is 34.5 Å². The highest BCUT2D eigenvalue weighted by atomic mass is 16.5. The smallest absolute Gasteiger partial charge is 0.235 e. The lowest BCUT2D eigenvalue weighted by molar-refractivity contribution is 0.448. The molecule has 0 unspecified atom stereocenters. The van der Waals surface area contributed by atoms with E-state index in [-0.39, 0.29) is 11.6 Å². The van der Waals surface area contributed by atoms with Gasteiger partial charge in [-0.2, -0.15) is 0 Å². The van der Waals surface area contributed by atoms with E-state index in [1.54, 1.807) is 50.5 Å². The lowest BCUT2D eigenvalue weighted by atomic mass is 10.1. The van der Waals surface area contributed by atoms with E-state index in [9.17, 15) is 0 Å². The molecule has 0 spiro atoms. The third-order valence-electron chi connectivity index (χ3n) is 8.09. The topological polar surface area (TPSA) is 93.4 Å². The average molecular weight is 661 g/mol. The summed E-state index contributed by atoms with van der Waals surface area (Å²) in [6, 6.07) is 36.9. The molecule has 0 aliphatic heterocycles. The van der Waals surface area contributed by atoms with E-state index in [1.807, 2.05) is 102 Å². The number of nitrogens with zero attached hydrogens (tertiary/aromatic N) is 5. The maximum atomic E-state index is 8.22. The summed E-state index contributed by atoms with van der Waals surface area (Å²) in [5.41, 5.74) is 2.49. The Morgan fingerprint density at radius 3 is 1.46 bits per heavy atom. The fourth-order valence-electron chi connectivity index (χ4n) is 5.57. The molecule has 0 amide bonds. The van der Waals surface area contributed by atoms with Gasteiger partial charge >= 0.3 is 0 Å². The average Bonchev–Trinajstić information content (AvgIpc) is 3.46. The first-order chi connectivity index (χ1) is 25.7. The number of fused-ring (bicyclic) bond motifs is 3. The predicted molar refractivity (Wildman–Crippen MR) is 192 cm³/mol. The van der Waals surface area contributed by atoms with E-state index in [1.165, 1.54) is 0 Å². The summed E-state index contributed by atoms with van der Waals surface area (Å²) in [6.45, 7) is 1.06. The molecule has 244 valence electrons. The summed E-state index contributed by atoms with van der Waals surface area (Å²) in [6.07, 6.45) is 3.33. The van der Waals surface area contributed by atoms with Gasteiger partial charge in [0.25, 0.3) is 0 Å². The third-order valence-corrected chi connectivity index (χ3v) is 8.09. The van der Waals surface area contributed by atoms with E-state index >= 15 is 0 Å². The van der Waals surface area contributed by atoms with Gasteiger partial charge in [-0.1, -0.05) is 24.3 Å². The molecule has 0 bridgehead atoms. The Hall–Kier alpha value is -6.74. The largest absolute Gasteiger partial charge is 0.457 e. The summed E-state index contributed by atoms with van der Waals surface area (Å²) in [7, 11) is 0. The summed E-state index contributed by atoms with van der Waals surface area (Å²) in [4.78, 5) is 17.9. The Morgan fingerprint density at radius 2 is 0.980 bits per heavy atom. The molecule has 0 atom stereocenters. The van der Waals surface area contributed by atoms with Crippen LogP contribution >= 0.6 is 0 Å². The number of aryl methyl sites for hydroxylation is 2. The minimum Gasteiger partial charge on any atom is -0.457 e. The Bertz CT molecular complexity index is 2450. The first-order valence-electron chi connectivity index (χ1n) is 17.4. The zero-order valence-electron chi connectivity index (χ0n) is 30.1. The van der Waals surface area contributed by atoms with Crippen LogP contribution in [0.5, 0.6) is 46.3 Å². The molecule has 4 aromatic carbocycles. The Morgan fingerprint density at radius 1 is 0.500 bits per heavy atom. The van der Waals surface area contributed by atoms with Gasteiger partial charge in [0.15, 0.2) is 0 Å². The van der Waals surface area contributed by atoms with E-state index in [0.717, 1.165) is 10.8 Å². The molecule has 50 heavy (non-hydrogen) atoms. The SMILES string of the molecule is [2H]C([2H])([2H])c1nc(-n2c3cc(Oc4cccc(Oc5ccccn5)c4)ccc3c3ccc(Oc4cccc(Oc5ccccn5)c4)cc32)nc(C)c1C. The number of rotatable bonds is 9. The molecular formula is C41H31N5O4. The number of benzene rings is 4. The zero-order chi connectivity index (χ0) is 36.5. The fourth-order valence-corrected chi connectivity index (χ4v) is 5.57. The van der Waals surface area contributed by atoms with Crippen molar-refractivity contribution in [3.63, 3.8) is 0 Å². The molecular weight excluding hydrogens is 626 g/mol. The molecule has 9 heteroatoms. The summed E-state index contributed by atoms with van der Waals surface area (Å²) < 4.78 is 51.0. The van der Waals surface area contributed by atoms with Crippen LogP contribution in [-0.2, 0) is 0 Å². The molecule has 8 aromatic rings. The number of ether oxygens (including phenoxy) is 4. The van der Waals surface area contributed by atoms with Crippen LogP contribution in [0.3, 0.4) is 0 Å². The molecule has 0 aliphatic carbocycles. The van der Waals surface area contributed by atoms with Gasteiger partial charge in [0, 0.05) is 75.1 Å². The predicted octanol–water partition coefficient (Wildman–Crippen LogP) is 10.5. The standard InChI is InChI=1S/C41H31N5O4/c1-26-27(2)44-41(45-28(26)3)46-37-24-33(47-29-10-8-12-31(22-29)49-39-14-4-6-20-42-39)16-18-35(37)36-19-17-34(25-38(36)46)48-30-11-9-13-32(23-30)50-40-15-5-7-21-43-40/h4-25H,1-3H3/i2D3. The normalized spacial score (nSPS) is 12.2. The van der Waals surface area contributed by atoms with Crippen LogP contribution in [0.15, 0.2) is 134 Å². The van der Waals surface area contributed by atoms with Gasteiger partial charge in [0.05, 0.1) is 11.0 Å². The van der Waals surface area contributed by atoms with Crippen molar-refractivity contribution in [2.45, 2.75) is 20.7 Å². The van der Waals surface area contributed by atoms with Crippen LogP contribution in [0.25, 0.3) is 27.8 Å². The molecule has 0 saturated heterocycles. The van der Waals surface area contributed by atoms with Gasteiger partial charge in [-0.15, -0.1) is 0 Å². The van der Waals surface area contributed by atoms with Crippen molar-refractivity contribution in [3.8, 4) is 52.2 Å². The van der Waals surface area contributed by atoms with E-state index in [0.29, 0.717) is 68.5 Å². The molecule has 9 nitrogen and oxygen atoms in total. The van der Waals surface area contributed by atoms with Gasteiger partial charge in [-0.25, -0.2) is 19.9 Å². The van der Waals surface area contributed by atoms with Crippen molar-refractivity contribution in [2.75, 3.05) is 0 Å². The van der Waals surface area contributed by atoms with Crippen LogP contribution in [0.4, 0.5) is 0 Å². The molecule has 4 heterocycles. The van der Waals surface area contributed by atoms with Crippen LogP contribution in [-0.4, -0.2) is 24.5 Å². The number of hydrogen-bond acceptors (Lipinski definition) is 8. The Kier molecular flexibility index (Phi) is 7.11. The third kappa shape index (κ3) is 6.27. The Labute approximate surface area is 292 Å². The molecule has 0 saturated carbocycles. The van der Waals surface area contributed by atoms with Crippen molar-refractivity contribution in [1.29, 1.82) is 0 Å². The van der Waals surface area contributed by atoms with E-state index in [4.69, 9.17) is 28.0 Å². The zero-order valence-corrected chi connectivity index (χ0v) is 27.1. The van der Waals surface area contributed by atoms with Crippen molar-refractivity contribution in [1.82, 2.24) is 24.5 Å². The van der Waals surface area contributed by atoms with Crippen LogP contribution < -0.4 is 18.9 Å². The van der Waals surface area contributed by atoms with Gasteiger partial charge in [-0.05, 0) is 86.9 Å². The highest BCUT2D eigenvalue weighted by Crippen LogP contribution is 2.38. The van der Waals surface area contributed by atoms with Gasteiger partial charge in [-0.3, -0.25) is 4.57 Å². The second kappa shape index (κ2) is 13.0.